The molecule has 1 aromatic carbocycles. The number of nitrogens with one attached hydrogen (secondary N) is 1. The van der Waals surface area contributed by atoms with Crippen molar-refractivity contribution in [2.24, 2.45) is 7.05 Å². The van der Waals surface area contributed by atoms with Gasteiger partial charge in [0.05, 0.1) is 17.2 Å². The minimum Gasteiger partial charge on any atom is -0.370 e. The highest BCUT2D eigenvalue weighted by atomic mass is 15.3. The third kappa shape index (κ3) is 2.60. The highest BCUT2D eigenvalue weighted by molar-refractivity contribution is 5.75. The lowest BCUT2D eigenvalue weighted by atomic mass is 10.3. The van der Waals surface area contributed by atoms with Crippen LogP contribution in [-0.2, 0) is 13.5 Å². The van der Waals surface area contributed by atoms with Gasteiger partial charge in [-0.15, -0.1) is 0 Å². The molecule has 0 spiro atoms. The quantitative estimate of drug-likeness (QED) is 0.574. The largest absolute Gasteiger partial charge is 0.370 e. The number of imidazole rings is 1. The Hall–Kier alpha value is -2.89. The van der Waals surface area contributed by atoms with Crippen LogP contribution in [-0.4, -0.2) is 30.7 Å². The molecule has 4 aromatic rings. The van der Waals surface area contributed by atoms with E-state index < -0.39 is 0 Å². The molecular weight excluding hydrogens is 300 g/mol. The second-order valence-electron chi connectivity index (χ2n) is 5.99. The van der Waals surface area contributed by atoms with Crippen LogP contribution in [0.1, 0.15) is 17.9 Å². The van der Waals surface area contributed by atoms with Gasteiger partial charge in [0.15, 0.2) is 5.65 Å². The number of benzene rings is 1. The molecule has 0 aliphatic carbocycles. The van der Waals surface area contributed by atoms with Gasteiger partial charge in [0.1, 0.15) is 11.6 Å². The van der Waals surface area contributed by atoms with E-state index >= 15 is 0 Å². The molecule has 0 radical (unpaired) electrons. The molecule has 0 bridgehead atoms. The molecule has 122 valence electrons. The van der Waals surface area contributed by atoms with Crippen LogP contribution < -0.4 is 5.32 Å². The van der Waals surface area contributed by atoms with Gasteiger partial charge in [0.25, 0.3) is 0 Å². The molecule has 3 aromatic heterocycles. The summed E-state index contributed by atoms with van der Waals surface area (Å²) in [5.74, 6) is 2.10. The molecular formula is C18H20N6. The number of fused-ring (bicyclic) bond motifs is 2. The van der Waals surface area contributed by atoms with Gasteiger partial charge < -0.3 is 9.88 Å². The molecule has 0 amide bonds. The summed E-state index contributed by atoms with van der Waals surface area (Å²) in [6.45, 7) is 2.86. The smallest absolute Gasteiger partial charge is 0.157 e. The topological polar surface area (TPSA) is 60.0 Å². The zero-order valence-electron chi connectivity index (χ0n) is 13.9. The van der Waals surface area contributed by atoms with Crippen LogP contribution in [0.2, 0.25) is 0 Å². The molecule has 6 nitrogen and oxygen atoms in total. The summed E-state index contributed by atoms with van der Waals surface area (Å²) in [6.07, 6.45) is 3.71. The van der Waals surface area contributed by atoms with Gasteiger partial charge in [-0.25, -0.2) is 9.97 Å². The second kappa shape index (κ2) is 5.96. The Morgan fingerprint density at radius 1 is 1.12 bits per heavy atom. The summed E-state index contributed by atoms with van der Waals surface area (Å²) >= 11 is 0. The number of anilines is 1. The first-order valence-corrected chi connectivity index (χ1v) is 8.18. The predicted octanol–water partition coefficient (Wildman–Crippen LogP) is 2.97. The van der Waals surface area contributed by atoms with E-state index in [1.165, 1.54) is 5.52 Å². The summed E-state index contributed by atoms with van der Waals surface area (Å²) in [6, 6.07) is 12.2. The maximum absolute atomic E-state index is 4.72. The molecule has 0 aliphatic heterocycles. The molecule has 0 fully saturated rings. The van der Waals surface area contributed by atoms with Crippen molar-refractivity contribution in [1.82, 2.24) is 24.1 Å². The van der Waals surface area contributed by atoms with Gasteiger partial charge in [-0.2, -0.15) is 9.61 Å². The first kappa shape index (κ1) is 14.7. The third-order valence-electron chi connectivity index (χ3n) is 4.25. The molecule has 0 saturated heterocycles. The van der Waals surface area contributed by atoms with Crippen molar-refractivity contribution in [1.29, 1.82) is 0 Å². The van der Waals surface area contributed by atoms with Crippen LogP contribution in [0.4, 0.5) is 5.82 Å². The normalized spacial score (nSPS) is 11.4. The van der Waals surface area contributed by atoms with Gasteiger partial charge in [-0.1, -0.05) is 12.1 Å². The summed E-state index contributed by atoms with van der Waals surface area (Å²) in [4.78, 5) is 9.18. The van der Waals surface area contributed by atoms with Gasteiger partial charge >= 0.3 is 0 Å². The maximum Gasteiger partial charge on any atom is 0.157 e. The van der Waals surface area contributed by atoms with Crippen molar-refractivity contribution in [3.05, 3.63) is 54.1 Å². The summed E-state index contributed by atoms with van der Waals surface area (Å²) in [5, 5.41) is 7.78. The van der Waals surface area contributed by atoms with Crippen LogP contribution in [0, 0.1) is 6.92 Å². The number of hydrogen-bond donors (Lipinski definition) is 1. The molecule has 6 heteroatoms. The lowest BCUT2D eigenvalue weighted by Gasteiger charge is -2.09. The molecule has 0 aliphatic rings. The van der Waals surface area contributed by atoms with Crippen molar-refractivity contribution < 1.29 is 0 Å². The number of nitrogens with zero attached hydrogens (tertiary/aromatic N) is 5. The van der Waals surface area contributed by atoms with E-state index in [2.05, 4.69) is 45.2 Å². The van der Waals surface area contributed by atoms with Gasteiger partial charge in [-0.3, -0.25) is 0 Å². The minimum atomic E-state index is 0.863. The lowest BCUT2D eigenvalue weighted by Crippen LogP contribution is -2.10. The molecule has 0 atom stereocenters. The average molecular weight is 320 g/mol. The summed E-state index contributed by atoms with van der Waals surface area (Å²) in [5.41, 5.74) is 4.10. The summed E-state index contributed by atoms with van der Waals surface area (Å²) < 4.78 is 4.01. The Morgan fingerprint density at radius 3 is 2.88 bits per heavy atom. The van der Waals surface area contributed by atoms with E-state index in [-0.39, 0.29) is 0 Å². The molecule has 1 N–H and O–H groups in total. The molecule has 4 rings (SSSR count). The SMILES string of the molecule is Cc1cc(NCCCc2nc3ccccc3n2C)n2nccc2n1. The number of rotatable bonds is 5. The Bertz CT molecular complexity index is 997. The number of para-hydroxylation sites is 2. The molecule has 0 unspecified atom stereocenters. The fourth-order valence-corrected chi connectivity index (χ4v) is 3.05. The van der Waals surface area contributed by atoms with Crippen LogP contribution in [0.15, 0.2) is 42.6 Å². The fraction of sp³-hybridized carbons (Fsp3) is 0.278. The zero-order valence-corrected chi connectivity index (χ0v) is 13.9. The van der Waals surface area contributed by atoms with E-state index in [0.717, 1.165) is 47.9 Å². The lowest BCUT2D eigenvalue weighted by molar-refractivity contribution is 0.749. The first-order valence-electron chi connectivity index (χ1n) is 8.18. The Labute approximate surface area is 140 Å². The Morgan fingerprint density at radius 2 is 2.00 bits per heavy atom. The second-order valence-corrected chi connectivity index (χ2v) is 5.99. The monoisotopic (exact) mass is 320 g/mol. The standard InChI is InChI=1S/C18H20N6/c1-13-12-18(24-17(21-13)9-11-20-24)19-10-5-8-16-22-14-6-3-4-7-15(14)23(16)2/h3-4,6-7,9,11-12,19H,5,8,10H2,1-2H3. The van der Waals surface area contributed by atoms with Crippen molar-refractivity contribution in [2.45, 2.75) is 19.8 Å². The minimum absolute atomic E-state index is 0.863. The van der Waals surface area contributed by atoms with E-state index in [0.29, 0.717) is 0 Å². The van der Waals surface area contributed by atoms with Crippen LogP contribution in [0.5, 0.6) is 0 Å². The first-order chi connectivity index (χ1) is 11.7. The highest BCUT2D eigenvalue weighted by Gasteiger charge is 2.07. The summed E-state index contributed by atoms with van der Waals surface area (Å²) in [7, 11) is 2.08. The maximum atomic E-state index is 4.72. The Balaban J connectivity index is 1.43. The third-order valence-corrected chi connectivity index (χ3v) is 4.25. The Kier molecular flexibility index (Phi) is 3.65. The van der Waals surface area contributed by atoms with E-state index in [1.54, 1.807) is 6.20 Å². The van der Waals surface area contributed by atoms with Gasteiger partial charge in [0, 0.05) is 37.8 Å². The highest BCUT2D eigenvalue weighted by Crippen LogP contribution is 2.16. The van der Waals surface area contributed by atoms with Crippen molar-refractivity contribution >= 4 is 22.5 Å². The molecule has 3 heterocycles. The molecule has 0 saturated carbocycles. The number of aromatic nitrogens is 5. The predicted molar refractivity (Wildman–Crippen MR) is 95.2 cm³/mol. The van der Waals surface area contributed by atoms with Crippen LogP contribution in [0.3, 0.4) is 0 Å². The van der Waals surface area contributed by atoms with E-state index in [9.17, 15) is 0 Å². The average Bonchev–Trinajstić information content (AvgIpc) is 3.17. The van der Waals surface area contributed by atoms with Crippen LogP contribution in [0.25, 0.3) is 16.7 Å². The van der Waals surface area contributed by atoms with Crippen LogP contribution >= 0.6 is 0 Å². The zero-order chi connectivity index (χ0) is 16.5. The fourth-order valence-electron chi connectivity index (χ4n) is 3.05. The van der Waals surface area contributed by atoms with Crippen molar-refractivity contribution in [3.63, 3.8) is 0 Å². The van der Waals surface area contributed by atoms with Gasteiger partial charge in [-0.05, 0) is 25.5 Å². The van der Waals surface area contributed by atoms with Gasteiger partial charge in [0.2, 0.25) is 0 Å². The van der Waals surface area contributed by atoms with Crippen molar-refractivity contribution in [3.8, 4) is 0 Å². The molecule has 24 heavy (non-hydrogen) atoms. The number of aryl methyl sites for hydroxylation is 3. The van der Waals surface area contributed by atoms with Crippen molar-refractivity contribution in [2.75, 3.05) is 11.9 Å². The van der Waals surface area contributed by atoms with E-state index in [1.807, 2.05) is 29.6 Å². The number of hydrogen-bond acceptors (Lipinski definition) is 4. The van der Waals surface area contributed by atoms with E-state index in [4.69, 9.17) is 4.98 Å².